The zero-order valence-corrected chi connectivity index (χ0v) is 11.8. The zero-order chi connectivity index (χ0) is 15.5. The summed E-state index contributed by atoms with van der Waals surface area (Å²) in [6.07, 6.45) is -4.40. The smallest absolute Gasteiger partial charge is 0.365 e. The van der Waals surface area contributed by atoms with Crippen LogP contribution in [-0.4, -0.2) is 17.9 Å². The second-order valence-corrected chi connectivity index (χ2v) is 5.01. The molecule has 1 heterocycles. The van der Waals surface area contributed by atoms with Gasteiger partial charge in [0.1, 0.15) is 0 Å². The predicted octanol–water partition coefficient (Wildman–Crippen LogP) is 3.13. The topological polar surface area (TPSA) is 54.0 Å². The van der Waals surface area contributed by atoms with Gasteiger partial charge in [-0.05, 0) is 24.3 Å². The highest BCUT2D eigenvalue weighted by Gasteiger charge is 2.30. The first-order chi connectivity index (χ1) is 9.90. The molecule has 21 heavy (non-hydrogen) atoms. The molecule has 2 aromatic rings. The third kappa shape index (κ3) is 3.94. The Bertz CT molecular complexity index is 622. The lowest BCUT2D eigenvalue weighted by atomic mass is 10.1. The first-order valence-corrected chi connectivity index (χ1v) is 6.85. The van der Waals surface area contributed by atoms with Crippen LogP contribution in [0, 0.1) is 0 Å². The van der Waals surface area contributed by atoms with Gasteiger partial charge in [0, 0.05) is 18.0 Å². The summed E-state index contributed by atoms with van der Waals surface area (Å²) in [7, 11) is 1.74. The molecule has 1 amide bonds. The highest BCUT2D eigenvalue weighted by Crippen LogP contribution is 2.29. The minimum absolute atomic E-state index is 0.173. The number of halogens is 3. The summed E-state index contributed by atoms with van der Waals surface area (Å²) in [6.45, 7) is 0.220. The lowest BCUT2D eigenvalue weighted by Crippen LogP contribution is -2.23. The highest BCUT2D eigenvalue weighted by atomic mass is 32.1. The van der Waals surface area contributed by atoms with Crippen molar-refractivity contribution in [3.63, 3.8) is 0 Å². The van der Waals surface area contributed by atoms with Crippen molar-refractivity contribution in [2.45, 2.75) is 12.7 Å². The van der Waals surface area contributed by atoms with Crippen LogP contribution in [0.25, 0.3) is 0 Å². The Morgan fingerprint density at radius 1 is 1.29 bits per heavy atom. The second kappa shape index (κ2) is 6.13. The number of rotatable bonds is 4. The number of carbonyl (C=O) groups excluding carboxylic acids is 1. The average Bonchev–Trinajstić information content (AvgIpc) is 2.92. The molecule has 1 aromatic carbocycles. The molecule has 0 bridgehead atoms. The first-order valence-electron chi connectivity index (χ1n) is 5.98. The molecule has 112 valence electrons. The highest BCUT2D eigenvalue weighted by molar-refractivity contribution is 7.13. The van der Waals surface area contributed by atoms with Gasteiger partial charge in [0.05, 0.1) is 17.8 Å². The van der Waals surface area contributed by atoms with E-state index in [0.29, 0.717) is 5.69 Å². The lowest BCUT2D eigenvalue weighted by Gasteiger charge is -2.07. The van der Waals surface area contributed by atoms with Crippen LogP contribution in [-0.2, 0) is 12.7 Å². The monoisotopic (exact) mass is 315 g/mol. The molecule has 1 aromatic heterocycles. The zero-order valence-electron chi connectivity index (χ0n) is 11.0. The van der Waals surface area contributed by atoms with Crippen molar-refractivity contribution in [3.8, 4) is 0 Å². The number of nitrogens with one attached hydrogen (secondary N) is 2. The minimum atomic E-state index is -4.40. The Hall–Kier alpha value is -2.09. The van der Waals surface area contributed by atoms with E-state index < -0.39 is 17.6 Å². The average molecular weight is 315 g/mol. The number of hydrogen-bond acceptors (Lipinski definition) is 4. The standard InChI is InChI=1S/C13H12F3N3OS/c1-17-12-19-10(7-21-12)6-18-11(20)8-2-4-9(5-3-8)13(14,15)16/h2-5,7H,6H2,1H3,(H,17,19)(H,18,20). The Kier molecular flexibility index (Phi) is 4.46. The fourth-order valence-electron chi connectivity index (χ4n) is 1.59. The molecule has 2 N–H and O–H groups in total. The van der Waals surface area contributed by atoms with Gasteiger partial charge in [-0.15, -0.1) is 11.3 Å². The van der Waals surface area contributed by atoms with E-state index in [1.807, 2.05) is 0 Å². The van der Waals surface area contributed by atoms with E-state index in [2.05, 4.69) is 15.6 Å². The molecule has 0 radical (unpaired) electrons. The quantitative estimate of drug-likeness (QED) is 0.911. The lowest BCUT2D eigenvalue weighted by molar-refractivity contribution is -0.137. The Morgan fingerprint density at radius 2 is 1.95 bits per heavy atom. The molecule has 0 unspecified atom stereocenters. The van der Waals surface area contributed by atoms with Gasteiger partial charge in [-0.25, -0.2) is 4.98 Å². The van der Waals surface area contributed by atoms with Crippen LogP contribution in [0.15, 0.2) is 29.6 Å². The maximum Gasteiger partial charge on any atom is 0.416 e. The van der Waals surface area contributed by atoms with Gasteiger partial charge >= 0.3 is 6.18 Å². The number of alkyl halides is 3. The Balaban J connectivity index is 1.97. The Morgan fingerprint density at radius 3 is 2.48 bits per heavy atom. The van der Waals surface area contributed by atoms with Crippen LogP contribution in [0.2, 0.25) is 0 Å². The van der Waals surface area contributed by atoms with E-state index in [-0.39, 0.29) is 12.1 Å². The van der Waals surface area contributed by atoms with Crippen molar-refractivity contribution in [2.75, 3.05) is 12.4 Å². The van der Waals surface area contributed by atoms with E-state index in [9.17, 15) is 18.0 Å². The number of benzene rings is 1. The van der Waals surface area contributed by atoms with Crippen LogP contribution in [0.4, 0.5) is 18.3 Å². The number of aromatic nitrogens is 1. The molecule has 0 aliphatic rings. The molecule has 4 nitrogen and oxygen atoms in total. The fourth-order valence-corrected chi connectivity index (χ4v) is 2.26. The van der Waals surface area contributed by atoms with Crippen LogP contribution in [0.5, 0.6) is 0 Å². The van der Waals surface area contributed by atoms with Crippen molar-refractivity contribution in [1.82, 2.24) is 10.3 Å². The van der Waals surface area contributed by atoms with E-state index in [1.54, 1.807) is 12.4 Å². The second-order valence-electron chi connectivity index (χ2n) is 4.15. The van der Waals surface area contributed by atoms with Crippen molar-refractivity contribution in [3.05, 3.63) is 46.5 Å². The number of carbonyl (C=O) groups is 1. The first kappa shape index (κ1) is 15.3. The number of thiazole rings is 1. The number of nitrogens with zero attached hydrogens (tertiary/aromatic N) is 1. The molecule has 8 heteroatoms. The number of anilines is 1. The molecule has 0 aliphatic carbocycles. The summed E-state index contributed by atoms with van der Waals surface area (Å²) in [5.74, 6) is -0.442. The molecule has 0 aliphatic heterocycles. The molecule has 0 atom stereocenters. The van der Waals surface area contributed by atoms with Gasteiger partial charge in [-0.1, -0.05) is 0 Å². The maximum atomic E-state index is 12.4. The Labute approximate surface area is 123 Å². The van der Waals surface area contributed by atoms with E-state index in [0.717, 1.165) is 29.4 Å². The van der Waals surface area contributed by atoms with Crippen LogP contribution in [0.1, 0.15) is 21.6 Å². The summed E-state index contributed by atoms with van der Waals surface area (Å²) in [4.78, 5) is 16.0. The van der Waals surface area contributed by atoms with Crippen molar-refractivity contribution >= 4 is 22.4 Å². The summed E-state index contributed by atoms with van der Waals surface area (Å²) < 4.78 is 37.2. The fraction of sp³-hybridized carbons (Fsp3) is 0.231. The van der Waals surface area contributed by atoms with Crippen molar-refractivity contribution in [1.29, 1.82) is 0 Å². The molecule has 0 saturated heterocycles. The maximum absolute atomic E-state index is 12.4. The summed E-state index contributed by atoms with van der Waals surface area (Å²) in [5.41, 5.74) is 0.0777. The van der Waals surface area contributed by atoms with E-state index >= 15 is 0 Å². The van der Waals surface area contributed by atoms with Gasteiger partial charge in [0.15, 0.2) is 5.13 Å². The number of amides is 1. The van der Waals surface area contributed by atoms with Crippen LogP contribution >= 0.6 is 11.3 Å². The van der Waals surface area contributed by atoms with Crippen LogP contribution < -0.4 is 10.6 Å². The van der Waals surface area contributed by atoms with Gasteiger partial charge in [-0.2, -0.15) is 13.2 Å². The molecule has 2 rings (SSSR count). The van der Waals surface area contributed by atoms with Gasteiger partial charge in [0.25, 0.3) is 5.91 Å². The summed E-state index contributed by atoms with van der Waals surface area (Å²) in [5, 5.41) is 8.00. The third-order valence-electron chi connectivity index (χ3n) is 2.67. The SMILES string of the molecule is CNc1nc(CNC(=O)c2ccc(C(F)(F)F)cc2)cs1. The van der Waals surface area contributed by atoms with Gasteiger partial charge in [-0.3, -0.25) is 4.79 Å². The van der Waals surface area contributed by atoms with Crippen molar-refractivity contribution in [2.24, 2.45) is 0 Å². The van der Waals surface area contributed by atoms with Crippen LogP contribution in [0.3, 0.4) is 0 Å². The third-order valence-corrected chi connectivity index (χ3v) is 3.58. The molecule has 0 saturated carbocycles. The van der Waals surface area contributed by atoms with Gasteiger partial charge < -0.3 is 10.6 Å². The molecular weight excluding hydrogens is 303 g/mol. The normalized spacial score (nSPS) is 11.2. The minimum Gasteiger partial charge on any atom is -0.365 e. The summed E-state index contributed by atoms with van der Waals surface area (Å²) >= 11 is 1.40. The molecular formula is C13H12F3N3OS. The van der Waals surface area contributed by atoms with Gasteiger partial charge in [0.2, 0.25) is 0 Å². The van der Waals surface area contributed by atoms with Crippen molar-refractivity contribution < 1.29 is 18.0 Å². The molecule has 0 spiro atoms. The predicted molar refractivity (Wildman–Crippen MR) is 74.3 cm³/mol. The van der Waals surface area contributed by atoms with E-state index in [1.165, 1.54) is 11.3 Å². The summed E-state index contributed by atoms with van der Waals surface area (Å²) in [6, 6.07) is 4.07. The van der Waals surface area contributed by atoms with E-state index in [4.69, 9.17) is 0 Å². The largest absolute Gasteiger partial charge is 0.416 e. The number of hydrogen-bond donors (Lipinski definition) is 2. The molecule has 0 fully saturated rings.